The second-order valence-electron chi connectivity index (χ2n) is 5.87. The molecule has 7 heteroatoms. The van der Waals surface area contributed by atoms with Gasteiger partial charge in [-0.2, -0.15) is 8.78 Å². The Labute approximate surface area is 123 Å². The van der Waals surface area contributed by atoms with Crippen molar-refractivity contribution in [2.75, 3.05) is 31.1 Å². The Morgan fingerprint density at radius 2 is 2.00 bits per heavy atom. The molecule has 116 valence electrons. The van der Waals surface area contributed by atoms with Gasteiger partial charge >= 0.3 is 5.76 Å². The van der Waals surface area contributed by atoms with Gasteiger partial charge in [0.05, 0.1) is 10.6 Å². The van der Waals surface area contributed by atoms with Gasteiger partial charge in [0.25, 0.3) is 0 Å². The van der Waals surface area contributed by atoms with Crippen LogP contribution in [0.4, 0.5) is 14.5 Å². The maximum absolute atomic E-state index is 12.8. The van der Waals surface area contributed by atoms with Crippen LogP contribution in [0.15, 0.2) is 29.2 Å². The number of nitrogens with one attached hydrogen (secondary N) is 1. The minimum Gasteiger partial charge on any atom is -0.370 e. The molecule has 1 N–H and O–H groups in total. The van der Waals surface area contributed by atoms with Gasteiger partial charge in [0.1, 0.15) is 0 Å². The highest BCUT2D eigenvalue weighted by atomic mass is 32.2. The third-order valence-electron chi connectivity index (χ3n) is 4.52. The molecule has 0 aliphatic carbocycles. The predicted molar refractivity (Wildman–Crippen MR) is 76.4 cm³/mol. The number of halogens is 2. The number of hydrogen-bond donors (Lipinski definition) is 1. The lowest BCUT2D eigenvalue weighted by Gasteiger charge is -2.25. The Bertz CT molecular complexity index is 628. The van der Waals surface area contributed by atoms with Gasteiger partial charge in [0.2, 0.25) is 9.84 Å². The maximum Gasteiger partial charge on any atom is 0.341 e. The quantitative estimate of drug-likeness (QED) is 0.925. The van der Waals surface area contributed by atoms with Crippen LogP contribution in [0.25, 0.3) is 0 Å². The summed E-state index contributed by atoms with van der Waals surface area (Å²) in [4.78, 5) is 1.67. The molecule has 3 rings (SSSR count). The van der Waals surface area contributed by atoms with Gasteiger partial charge in [0.15, 0.2) is 0 Å². The third kappa shape index (κ3) is 2.53. The molecule has 0 radical (unpaired) electrons. The van der Waals surface area contributed by atoms with Crippen molar-refractivity contribution in [2.24, 2.45) is 5.41 Å². The minimum atomic E-state index is -4.57. The second kappa shape index (κ2) is 5.21. The average Bonchev–Trinajstić information content (AvgIpc) is 3.09. The van der Waals surface area contributed by atoms with E-state index in [1.54, 1.807) is 12.1 Å². The van der Waals surface area contributed by atoms with Gasteiger partial charge < -0.3 is 10.2 Å². The second-order valence-corrected chi connectivity index (χ2v) is 7.76. The summed E-state index contributed by atoms with van der Waals surface area (Å²) in [7, 11) is -4.57. The zero-order valence-corrected chi connectivity index (χ0v) is 12.4. The van der Waals surface area contributed by atoms with Gasteiger partial charge in [-0.25, -0.2) is 8.42 Å². The van der Waals surface area contributed by atoms with Crippen molar-refractivity contribution in [3.05, 3.63) is 24.3 Å². The third-order valence-corrected chi connectivity index (χ3v) is 5.94. The minimum absolute atomic E-state index is 0.154. The fourth-order valence-electron chi connectivity index (χ4n) is 3.34. The molecule has 21 heavy (non-hydrogen) atoms. The Morgan fingerprint density at radius 1 is 1.24 bits per heavy atom. The topological polar surface area (TPSA) is 49.4 Å². The average molecular weight is 316 g/mol. The standard InChI is InChI=1S/C14H18F2N2O2S/c15-13(16)21(19,20)12-4-2-1-3-11(12)18-8-6-14(10-18)5-7-17-9-14/h1-4,13,17H,5-10H2. The van der Waals surface area contributed by atoms with Crippen molar-refractivity contribution < 1.29 is 17.2 Å². The zero-order valence-electron chi connectivity index (χ0n) is 11.6. The lowest BCUT2D eigenvalue weighted by atomic mass is 9.86. The van der Waals surface area contributed by atoms with Crippen molar-refractivity contribution >= 4 is 15.5 Å². The number of sulfone groups is 1. The molecule has 2 heterocycles. The van der Waals surface area contributed by atoms with Crippen molar-refractivity contribution in [3.8, 4) is 0 Å². The van der Waals surface area contributed by atoms with Crippen LogP contribution >= 0.6 is 0 Å². The summed E-state index contributed by atoms with van der Waals surface area (Å²) in [6.45, 7) is 3.30. The van der Waals surface area contributed by atoms with Gasteiger partial charge in [0, 0.05) is 25.0 Å². The van der Waals surface area contributed by atoms with E-state index in [0.717, 1.165) is 32.5 Å². The molecule has 0 bridgehead atoms. The van der Waals surface area contributed by atoms with Crippen LogP contribution in [0.1, 0.15) is 12.8 Å². The normalized spacial score (nSPS) is 26.1. The first kappa shape index (κ1) is 14.7. The largest absolute Gasteiger partial charge is 0.370 e. The molecule has 0 aromatic heterocycles. The molecule has 1 spiro atoms. The van der Waals surface area contributed by atoms with Crippen LogP contribution in [0.2, 0.25) is 0 Å². The number of anilines is 1. The summed E-state index contributed by atoms with van der Waals surface area (Å²) in [5.74, 6) is -3.39. The molecular weight excluding hydrogens is 298 g/mol. The number of alkyl halides is 2. The number of benzene rings is 1. The number of rotatable bonds is 3. The molecule has 4 nitrogen and oxygen atoms in total. The number of hydrogen-bond acceptors (Lipinski definition) is 4. The van der Waals surface area contributed by atoms with Gasteiger partial charge in [-0.1, -0.05) is 12.1 Å². The van der Waals surface area contributed by atoms with Crippen LogP contribution in [-0.4, -0.2) is 40.4 Å². The van der Waals surface area contributed by atoms with Crippen molar-refractivity contribution in [2.45, 2.75) is 23.5 Å². The summed E-state index contributed by atoms with van der Waals surface area (Å²) < 4.78 is 49.4. The fraction of sp³-hybridized carbons (Fsp3) is 0.571. The molecule has 2 fully saturated rings. The Hall–Kier alpha value is -1.21. The molecule has 1 aromatic carbocycles. The van der Waals surface area contributed by atoms with Crippen LogP contribution in [0.5, 0.6) is 0 Å². The molecular formula is C14H18F2N2O2S. The summed E-state index contributed by atoms with van der Waals surface area (Å²) in [6.07, 6.45) is 2.01. The lowest BCUT2D eigenvalue weighted by Crippen LogP contribution is -2.30. The van der Waals surface area contributed by atoms with E-state index >= 15 is 0 Å². The van der Waals surface area contributed by atoms with Gasteiger partial charge in [-0.05, 0) is 31.5 Å². The van der Waals surface area contributed by atoms with Gasteiger partial charge in [-0.15, -0.1) is 0 Å². The van der Waals surface area contributed by atoms with E-state index in [0.29, 0.717) is 12.2 Å². The van der Waals surface area contributed by atoms with E-state index in [2.05, 4.69) is 5.32 Å². The lowest BCUT2D eigenvalue weighted by molar-refractivity contribution is 0.235. The van der Waals surface area contributed by atoms with Crippen LogP contribution < -0.4 is 10.2 Å². The molecule has 2 aliphatic rings. The van der Waals surface area contributed by atoms with E-state index in [-0.39, 0.29) is 10.3 Å². The molecule has 1 aromatic rings. The van der Waals surface area contributed by atoms with Crippen LogP contribution in [-0.2, 0) is 9.84 Å². The summed E-state index contributed by atoms with van der Waals surface area (Å²) in [6, 6.07) is 6.07. The molecule has 2 saturated heterocycles. The highest BCUT2D eigenvalue weighted by molar-refractivity contribution is 7.91. The predicted octanol–water partition coefficient (Wildman–Crippen LogP) is 1.87. The highest BCUT2D eigenvalue weighted by Gasteiger charge is 2.42. The zero-order chi connectivity index (χ0) is 15.1. The molecule has 1 atom stereocenters. The first-order chi connectivity index (χ1) is 9.95. The van der Waals surface area contributed by atoms with Crippen LogP contribution in [0.3, 0.4) is 0 Å². The van der Waals surface area contributed by atoms with Crippen molar-refractivity contribution in [1.82, 2.24) is 5.32 Å². The Kier molecular flexibility index (Phi) is 3.65. The Morgan fingerprint density at radius 3 is 2.67 bits per heavy atom. The van der Waals surface area contributed by atoms with E-state index in [9.17, 15) is 17.2 Å². The van der Waals surface area contributed by atoms with E-state index in [1.807, 2.05) is 4.90 Å². The summed E-state index contributed by atoms with van der Waals surface area (Å²) >= 11 is 0. The van der Waals surface area contributed by atoms with Crippen LogP contribution in [0, 0.1) is 5.41 Å². The van der Waals surface area contributed by atoms with E-state index in [4.69, 9.17) is 0 Å². The Balaban J connectivity index is 1.94. The molecule has 0 saturated carbocycles. The molecule has 0 amide bonds. The summed E-state index contributed by atoms with van der Waals surface area (Å²) in [5.41, 5.74) is 0.559. The SMILES string of the molecule is O=S(=O)(c1ccccc1N1CCC2(CCNC2)C1)C(F)F. The van der Waals surface area contributed by atoms with Gasteiger partial charge in [-0.3, -0.25) is 0 Å². The van der Waals surface area contributed by atoms with Crippen molar-refractivity contribution in [3.63, 3.8) is 0 Å². The monoisotopic (exact) mass is 316 g/mol. The number of para-hydroxylation sites is 1. The smallest absolute Gasteiger partial charge is 0.341 e. The first-order valence-corrected chi connectivity index (χ1v) is 8.56. The molecule has 2 aliphatic heterocycles. The molecule has 1 unspecified atom stereocenters. The maximum atomic E-state index is 12.8. The van der Waals surface area contributed by atoms with Crippen molar-refractivity contribution in [1.29, 1.82) is 0 Å². The van der Waals surface area contributed by atoms with E-state index in [1.165, 1.54) is 12.1 Å². The first-order valence-electron chi connectivity index (χ1n) is 7.01. The highest BCUT2D eigenvalue weighted by Crippen LogP contribution is 2.40. The number of nitrogens with zero attached hydrogens (tertiary/aromatic N) is 1. The summed E-state index contributed by atoms with van der Waals surface area (Å²) in [5, 5.41) is 3.33. The fourth-order valence-corrected chi connectivity index (χ4v) is 4.29. The van der Waals surface area contributed by atoms with E-state index < -0.39 is 15.6 Å².